The second kappa shape index (κ2) is 7.83. The number of halogens is 2. The van der Waals surface area contributed by atoms with Crippen LogP contribution in [0.1, 0.15) is 5.56 Å². The number of anilines is 2. The van der Waals surface area contributed by atoms with Crippen LogP contribution in [-0.4, -0.2) is 34.2 Å². The first-order valence-electron chi connectivity index (χ1n) is 7.52. The smallest absolute Gasteiger partial charge is 0.228 e. The average Bonchev–Trinajstić information content (AvgIpc) is 2.53. The number of amides is 1. The molecule has 2 rings (SSSR count). The summed E-state index contributed by atoms with van der Waals surface area (Å²) in [6, 6.07) is 7.26. The van der Waals surface area contributed by atoms with Crippen molar-refractivity contribution in [2.24, 2.45) is 0 Å². The molecule has 0 heterocycles. The van der Waals surface area contributed by atoms with Crippen molar-refractivity contribution in [2.75, 3.05) is 38.5 Å². The lowest BCUT2D eigenvalue weighted by Gasteiger charge is -2.16. The lowest BCUT2D eigenvalue weighted by molar-refractivity contribution is -0.115. The van der Waals surface area contributed by atoms with E-state index in [9.17, 15) is 13.6 Å². The second-order valence-electron chi connectivity index (χ2n) is 5.60. The van der Waals surface area contributed by atoms with Crippen molar-refractivity contribution in [2.45, 2.75) is 6.42 Å². The third-order valence-corrected chi connectivity index (χ3v) is 3.56. The number of hydrogen-bond acceptors (Lipinski definition) is 4. The number of carbonyl (C=O) groups excluding carboxylic acids is 1. The number of benzene rings is 2. The van der Waals surface area contributed by atoms with E-state index in [1.165, 1.54) is 33.2 Å². The third-order valence-electron chi connectivity index (χ3n) is 3.56. The number of rotatable bonds is 6. The molecule has 5 nitrogen and oxygen atoms in total. The van der Waals surface area contributed by atoms with E-state index in [1.54, 1.807) is 18.2 Å². The summed E-state index contributed by atoms with van der Waals surface area (Å²) >= 11 is 0. The molecule has 2 aromatic rings. The van der Waals surface area contributed by atoms with Crippen LogP contribution in [0.3, 0.4) is 0 Å². The molecular weight excluding hydrogens is 330 g/mol. The van der Waals surface area contributed by atoms with Crippen LogP contribution in [0.15, 0.2) is 30.3 Å². The molecule has 0 saturated heterocycles. The summed E-state index contributed by atoms with van der Waals surface area (Å²) in [6.45, 7) is 0. The van der Waals surface area contributed by atoms with Gasteiger partial charge in [0.15, 0.2) is 23.1 Å². The Morgan fingerprint density at radius 2 is 1.64 bits per heavy atom. The van der Waals surface area contributed by atoms with Crippen LogP contribution in [-0.2, 0) is 11.2 Å². The van der Waals surface area contributed by atoms with Crippen molar-refractivity contribution in [3.05, 3.63) is 47.5 Å². The van der Waals surface area contributed by atoms with E-state index in [-0.39, 0.29) is 17.8 Å². The van der Waals surface area contributed by atoms with Crippen molar-refractivity contribution < 1.29 is 23.0 Å². The summed E-state index contributed by atoms with van der Waals surface area (Å²) in [5.41, 5.74) is 0.588. The maximum Gasteiger partial charge on any atom is 0.228 e. The van der Waals surface area contributed by atoms with Gasteiger partial charge in [-0.15, -0.1) is 0 Å². The highest BCUT2D eigenvalue weighted by atomic mass is 19.1. The van der Waals surface area contributed by atoms with Gasteiger partial charge in [0.2, 0.25) is 5.91 Å². The molecule has 0 spiro atoms. The molecule has 1 N–H and O–H groups in total. The largest absolute Gasteiger partial charge is 0.493 e. The normalized spacial score (nSPS) is 10.3. The maximum absolute atomic E-state index is 14.0. The fourth-order valence-corrected chi connectivity index (χ4v) is 2.45. The van der Waals surface area contributed by atoms with Gasteiger partial charge >= 0.3 is 0 Å². The zero-order valence-electron chi connectivity index (χ0n) is 14.5. The fraction of sp³-hybridized carbons (Fsp3) is 0.278. The first kappa shape index (κ1) is 18.5. The van der Waals surface area contributed by atoms with Crippen LogP contribution in [0.2, 0.25) is 0 Å². The van der Waals surface area contributed by atoms with Gasteiger partial charge in [0.1, 0.15) is 5.69 Å². The molecule has 0 aromatic heterocycles. The highest BCUT2D eigenvalue weighted by Crippen LogP contribution is 2.28. The van der Waals surface area contributed by atoms with Crippen LogP contribution < -0.4 is 19.7 Å². The molecule has 25 heavy (non-hydrogen) atoms. The van der Waals surface area contributed by atoms with Crippen molar-refractivity contribution >= 4 is 17.3 Å². The monoisotopic (exact) mass is 350 g/mol. The quantitative estimate of drug-likeness (QED) is 0.869. The molecule has 0 aliphatic carbocycles. The minimum Gasteiger partial charge on any atom is -0.493 e. The van der Waals surface area contributed by atoms with Crippen molar-refractivity contribution in [1.29, 1.82) is 0 Å². The SMILES string of the molecule is COc1ccc(CC(=O)Nc2cc(F)c(N(C)C)c(F)c2)cc1OC. The van der Waals surface area contributed by atoms with Gasteiger partial charge in [-0.3, -0.25) is 4.79 Å². The van der Waals surface area contributed by atoms with Crippen molar-refractivity contribution in [3.63, 3.8) is 0 Å². The topological polar surface area (TPSA) is 50.8 Å². The van der Waals surface area contributed by atoms with Crippen LogP contribution in [0.4, 0.5) is 20.2 Å². The number of ether oxygens (including phenoxy) is 2. The number of nitrogens with zero attached hydrogens (tertiary/aromatic N) is 1. The van der Waals surface area contributed by atoms with Crippen LogP contribution in [0.25, 0.3) is 0 Å². The lowest BCUT2D eigenvalue weighted by atomic mass is 10.1. The zero-order chi connectivity index (χ0) is 18.6. The number of methoxy groups -OCH3 is 2. The molecule has 7 heteroatoms. The van der Waals surface area contributed by atoms with Gasteiger partial charge in [-0.05, 0) is 29.8 Å². The first-order chi connectivity index (χ1) is 11.8. The Balaban J connectivity index is 2.13. The Labute approximate surface area is 145 Å². The van der Waals surface area contributed by atoms with E-state index in [0.29, 0.717) is 17.1 Å². The van der Waals surface area contributed by atoms with Gasteiger partial charge in [-0.25, -0.2) is 8.78 Å². The van der Waals surface area contributed by atoms with Gasteiger partial charge in [0.25, 0.3) is 0 Å². The van der Waals surface area contributed by atoms with E-state index in [4.69, 9.17) is 9.47 Å². The molecule has 0 bridgehead atoms. The maximum atomic E-state index is 14.0. The Morgan fingerprint density at radius 1 is 1.04 bits per heavy atom. The van der Waals surface area contributed by atoms with Gasteiger partial charge in [-0.1, -0.05) is 6.07 Å². The molecule has 0 radical (unpaired) electrons. The summed E-state index contributed by atoms with van der Waals surface area (Å²) in [7, 11) is 6.10. The Morgan fingerprint density at radius 3 is 2.16 bits per heavy atom. The highest BCUT2D eigenvalue weighted by Gasteiger charge is 2.15. The van der Waals surface area contributed by atoms with E-state index in [0.717, 1.165) is 12.1 Å². The first-order valence-corrected chi connectivity index (χ1v) is 7.52. The van der Waals surface area contributed by atoms with E-state index < -0.39 is 17.5 Å². The molecule has 0 saturated carbocycles. The van der Waals surface area contributed by atoms with Crippen LogP contribution >= 0.6 is 0 Å². The molecule has 0 aliphatic rings. The van der Waals surface area contributed by atoms with E-state index in [1.807, 2.05) is 0 Å². The summed E-state index contributed by atoms with van der Waals surface area (Å²) in [5, 5.41) is 2.49. The Hall–Kier alpha value is -2.83. The second-order valence-corrected chi connectivity index (χ2v) is 5.60. The van der Waals surface area contributed by atoms with Gasteiger partial charge in [-0.2, -0.15) is 0 Å². The van der Waals surface area contributed by atoms with E-state index in [2.05, 4.69) is 5.32 Å². The summed E-state index contributed by atoms with van der Waals surface area (Å²) < 4.78 is 38.2. The zero-order valence-corrected chi connectivity index (χ0v) is 14.5. The summed E-state index contributed by atoms with van der Waals surface area (Å²) in [4.78, 5) is 13.5. The Bertz CT molecular complexity index is 756. The predicted molar refractivity (Wildman–Crippen MR) is 92.6 cm³/mol. The number of hydrogen-bond donors (Lipinski definition) is 1. The predicted octanol–water partition coefficient (Wildman–Crippen LogP) is 3.23. The lowest BCUT2D eigenvalue weighted by Crippen LogP contribution is -2.17. The molecule has 2 aromatic carbocycles. The molecule has 0 aliphatic heterocycles. The fourth-order valence-electron chi connectivity index (χ4n) is 2.45. The minimum absolute atomic E-state index is 0.0268. The molecule has 0 unspecified atom stereocenters. The number of carbonyl (C=O) groups is 1. The molecule has 1 amide bonds. The molecule has 0 atom stereocenters. The molecular formula is C18H20F2N2O3. The number of nitrogens with one attached hydrogen (secondary N) is 1. The van der Waals surface area contributed by atoms with Crippen LogP contribution in [0, 0.1) is 11.6 Å². The highest BCUT2D eigenvalue weighted by molar-refractivity contribution is 5.92. The third kappa shape index (κ3) is 4.37. The Kier molecular flexibility index (Phi) is 5.80. The minimum atomic E-state index is -0.744. The standard InChI is InChI=1S/C18H20F2N2O3/c1-22(2)18-13(19)9-12(10-14(18)20)21-17(23)8-11-5-6-15(24-3)16(7-11)25-4/h5-7,9-10H,8H2,1-4H3,(H,21,23). The van der Waals surface area contributed by atoms with E-state index >= 15 is 0 Å². The van der Waals surface area contributed by atoms with Gasteiger partial charge in [0.05, 0.1) is 20.6 Å². The summed E-state index contributed by atoms with van der Waals surface area (Å²) in [5.74, 6) is -0.836. The van der Waals surface area contributed by atoms with Crippen LogP contribution in [0.5, 0.6) is 11.5 Å². The molecule has 134 valence electrons. The summed E-state index contributed by atoms with van der Waals surface area (Å²) in [6.07, 6.45) is 0.0268. The van der Waals surface area contributed by atoms with Gasteiger partial charge in [0, 0.05) is 19.8 Å². The van der Waals surface area contributed by atoms with Gasteiger partial charge < -0.3 is 19.7 Å². The molecule has 0 fully saturated rings. The average molecular weight is 350 g/mol. The van der Waals surface area contributed by atoms with Crippen molar-refractivity contribution in [1.82, 2.24) is 0 Å². The van der Waals surface area contributed by atoms with Crippen molar-refractivity contribution in [3.8, 4) is 11.5 Å².